The molecule has 0 amide bonds. The molecule has 0 bridgehead atoms. The van der Waals surface area contributed by atoms with Gasteiger partial charge in [0.05, 0.1) is 10.5 Å². The van der Waals surface area contributed by atoms with Crippen molar-refractivity contribution in [3.8, 4) is 0 Å². The van der Waals surface area contributed by atoms with Gasteiger partial charge in [-0.15, -0.1) is 0 Å². The van der Waals surface area contributed by atoms with Crippen molar-refractivity contribution in [2.45, 2.75) is 5.92 Å². The molecule has 142 valence electrons. The molecule has 3 aromatic carbocycles. The van der Waals surface area contributed by atoms with Crippen LogP contribution in [0.4, 0.5) is 17.2 Å². The van der Waals surface area contributed by atoms with Crippen LogP contribution in [-0.4, -0.2) is 14.9 Å². The highest BCUT2D eigenvalue weighted by Gasteiger charge is 2.32. The quantitative estimate of drug-likeness (QED) is 0.317. The van der Waals surface area contributed by atoms with E-state index in [2.05, 4.69) is 15.3 Å². The van der Waals surface area contributed by atoms with Gasteiger partial charge in [0.15, 0.2) is 0 Å². The van der Waals surface area contributed by atoms with E-state index in [1.807, 2.05) is 36.4 Å². The number of nitrogens with one attached hydrogen (secondary N) is 3. The first-order valence-electron chi connectivity index (χ1n) is 8.92. The van der Waals surface area contributed by atoms with E-state index < -0.39 is 22.1 Å². The van der Waals surface area contributed by atoms with Crippen molar-refractivity contribution in [3.63, 3.8) is 0 Å². The number of H-pyrrole nitrogens is 2. The summed E-state index contributed by atoms with van der Waals surface area (Å²) in [5.41, 5.74) is 1.24. The van der Waals surface area contributed by atoms with Gasteiger partial charge < -0.3 is 5.32 Å². The second-order valence-electron chi connectivity index (χ2n) is 6.85. The molecule has 1 aromatic heterocycles. The number of fused-ring (bicyclic) bond motifs is 4. The molecule has 29 heavy (non-hydrogen) atoms. The molecule has 0 fully saturated rings. The van der Waals surface area contributed by atoms with Crippen molar-refractivity contribution in [1.29, 1.82) is 0 Å². The Balaban J connectivity index is 1.89. The zero-order valence-electron chi connectivity index (χ0n) is 14.9. The maximum absolute atomic E-state index is 12.8. The topological polar surface area (TPSA) is 121 Å². The summed E-state index contributed by atoms with van der Waals surface area (Å²) in [6.45, 7) is 0. The molecular formula is C21H14N4O4. The number of aromatic nitrogens is 2. The van der Waals surface area contributed by atoms with Crippen LogP contribution in [0, 0.1) is 10.1 Å². The maximum Gasteiger partial charge on any atom is 0.327 e. The second kappa shape index (κ2) is 6.16. The Labute approximate surface area is 163 Å². The fourth-order valence-electron chi connectivity index (χ4n) is 4.02. The largest absolute Gasteiger partial charge is 0.341 e. The fourth-order valence-corrected chi connectivity index (χ4v) is 4.02. The number of rotatable bonds is 2. The average Bonchev–Trinajstić information content (AvgIpc) is 2.72. The van der Waals surface area contributed by atoms with Gasteiger partial charge in [0.2, 0.25) is 0 Å². The molecule has 1 atom stereocenters. The number of benzene rings is 3. The molecule has 8 nitrogen and oxygen atoms in total. The fraction of sp³-hybridized carbons (Fsp3) is 0.0476. The molecule has 0 spiro atoms. The lowest BCUT2D eigenvalue weighted by Gasteiger charge is -2.29. The van der Waals surface area contributed by atoms with Crippen LogP contribution < -0.4 is 16.6 Å². The summed E-state index contributed by atoms with van der Waals surface area (Å²) in [6.07, 6.45) is 0. The molecule has 2 heterocycles. The Morgan fingerprint density at radius 3 is 2.55 bits per heavy atom. The summed E-state index contributed by atoms with van der Waals surface area (Å²) < 4.78 is 0. The molecule has 1 aliphatic rings. The number of anilines is 2. The molecule has 1 aliphatic heterocycles. The first-order valence-corrected chi connectivity index (χ1v) is 8.92. The van der Waals surface area contributed by atoms with Crippen LogP contribution in [0.1, 0.15) is 22.6 Å². The summed E-state index contributed by atoms with van der Waals surface area (Å²) >= 11 is 0. The summed E-state index contributed by atoms with van der Waals surface area (Å²) in [5.74, 6) is -0.300. The standard InChI is InChI=1S/C21H14N4O4/c26-20-18-16(12-5-3-6-13(10-12)25(28)29)17-14-7-2-1-4-11(14)8-9-15(17)22-19(18)23-21(27)24-20/h1-10,16H,(H3,22,23,24,26,27)/t16-/m1/s1. The van der Waals surface area contributed by atoms with Gasteiger partial charge in [-0.1, -0.05) is 42.5 Å². The van der Waals surface area contributed by atoms with Crippen LogP contribution in [-0.2, 0) is 0 Å². The third-order valence-corrected chi connectivity index (χ3v) is 5.20. The van der Waals surface area contributed by atoms with Crippen LogP contribution in [0.3, 0.4) is 0 Å². The minimum Gasteiger partial charge on any atom is -0.341 e. The highest BCUT2D eigenvalue weighted by atomic mass is 16.6. The minimum absolute atomic E-state index is 0.0646. The molecular weight excluding hydrogens is 372 g/mol. The molecule has 8 heteroatoms. The number of hydrogen-bond donors (Lipinski definition) is 3. The van der Waals surface area contributed by atoms with E-state index in [9.17, 15) is 19.7 Å². The molecule has 3 N–H and O–H groups in total. The number of nitrogens with zero attached hydrogens (tertiary/aromatic N) is 1. The molecule has 0 unspecified atom stereocenters. The van der Waals surface area contributed by atoms with Gasteiger partial charge in [-0.25, -0.2) is 4.79 Å². The van der Waals surface area contributed by atoms with Crippen molar-refractivity contribution in [2.75, 3.05) is 5.32 Å². The second-order valence-corrected chi connectivity index (χ2v) is 6.85. The molecule has 0 aliphatic carbocycles. The number of hydrogen-bond acceptors (Lipinski definition) is 5. The Morgan fingerprint density at radius 1 is 0.897 bits per heavy atom. The number of aromatic amines is 2. The van der Waals surface area contributed by atoms with Gasteiger partial charge in [-0.2, -0.15) is 0 Å². The lowest BCUT2D eigenvalue weighted by Crippen LogP contribution is -2.32. The molecule has 4 aromatic rings. The van der Waals surface area contributed by atoms with Gasteiger partial charge >= 0.3 is 5.69 Å². The van der Waals surface area contributed by atoms with Crippen molar-refractivity contribution in [3.05, 3.63) is 108 Å². The van der Waals surface area contributed by atoms with Gasteiger partial charge in [0.25, 0.3) is 11.2 Å². The molecule has 0 radical (unpaired) electrons. The van der Waals surface area contributed by atoms with Gasteiger partial charge in [-0.3, -0.25) is 24.9 Å². The van der Waals surface area contributed by atoms with Crippen molar-refractivity contribution in [2.24, 2.45) is 0 Å². The number of nitro groups is 1. The molecule has 5 rings (SSSR count). The number of non-ortho nitro benzene ring substituents is 1. The highest BCUT2D eigenvalue weighted by Crippen LogP contribution is 2.45. The predicted octanol–water partition coefficient (Wildman–Crippen LogP) is 3.36. The SMILES string of the molecule is O=c1[nH]c2c(c(=O)[nH]1)[C@H](c1cccc([N+](=O)[O-])c1)c1c(ccc3ccccc13)N2. The van der Waals surface area contributed by atoms with Crippen LogP contribution in [0.2, 0.25) is 0 Å². The smallest absolute Gasteiger partial charge is 0.327 e. The van der Waals surface area contributed by atoms with Gasteiger partial charge in [0.1, 0.15) is 5.82 Å². The Hall–Kier alpha value is -4.20. The maximum atomic E-state index is 12.8. The van der Waals surface area contributed by atoms with Gasteiger partial charge in [0, 0.05) is 23.7 Å². The van der Waals surface area contributed by atoms with E-state index in [-0.39, 0.29) is 11.5 Å². The van der Waals surface area contributed by atoms with Gasteiger partial charge in [-0.05, 0) is 28.0 Å². The van der Waals surface area contributed by atoms with E-state index in [0.29, 0.717) is 11.1 Å². The van der Waals surface area contributed by atoms with E-state index in [0.717, 1.165) is 22.0 Å². The van der Waals surface area contributed by atoms with Crippen molar-refractivity contribution in [1.82, 2.24) is 9.97 Å². The predicted molar refractivity (Wildman–Crippen MR) is 109 cm³/mol. The van der Waals surface area contributed by atoms with Crippen molar-refractivity contribution >= 4 is 28.0 Å². The van der Waals surface area contributed by atoms with Crippen LogP contribution in [0.5, 0.6) is 0 Å². The Kier molecular flexibility index (Phi) is 3.60. The van der Waals surface area contributed by atoms with Crippen LogP contribution in [0.25, 0.3) is 10.8 Å². The van der Waals surface area contributed by atoms with E-state index in [4.69, 9.17) is 0 Å². The normalized spacial score (nSPS) is 14.7. The third-order valence-electron chi connectivity index (χ3n) is 5.20. The van der Waals surface area contributed by atoms with E-state index in [1.165, 1.54) is 12.1 Å². The van der Waals surface area contributed by atoms with Crippen molar-refractivity contribution < 1.29 is 4.92 Å². The lowest BCUT2D eigenvalue weighted by molar-refractivity contribution is -0.384. The molecule has 0 saturated heterocycles. The van der Waals surface area contributed by atoms with Crippen LogP contribution in [0.15, 0.2) is 70.3 Å². The summed E-state index contributed by atoms with van der Waals surface area (Å²) in [4.78, 5) is 40.4. The zero-order valence-corrected chi connectivity index (χ0v) is 14.9. The lowest BCUT2D eigenvalue weighted by atomic mass is 9.80. The third kappa shape index (κ3) is 2.61. The van der Waals surface area contributed by atoms with E-state index in [1.54, 1.807) is 12.1 Å². The monoisotopic (exact) mass is 386 g/mol. The summed E-state index contributed by atoms with van der Waals surface area (Å²) in [7, 11) is 0. The van der Waals surface area contributed by atoms with Crippen LogP contribution >= 0.6 is 0 Å². The first kappa shape index (κ1) is 16.9. The Morgan fingerprint density at radius 2 is 1.72 bits per heavy atom. The van der Waals surface area contributed by atoms with E-state index >= 15 is 0 Å². The highest BCUT2D eigenvalue weighted by molar-refractivity contribution is 5.94. The zero-order chi connectivity index (χ0) is 20.1. The first-order chi connectivity index (χ1) is 14.0. The average molecular weight is 386 g/mol. The summed E-state index contributed by atoms with van der Waals surface area (Å²) in [5, 5.41) is 16.4. The minimum atomic E-state index is -0.622. The Bertz CT molecular complexity index is 1420. The summed E-state index contributed by atoms with van der Waals surface area (Å²) in [6, 6.07) is 17.8. The molecule has 0 saturated carbocycles. The number of nitro benzene ring substituents is 1.